The van der Waals surface area contributed by atoms with Crippen molar-refractivity contribution in [3.05, 3.63) is 52.3 Å². The van der Waals surface area contributed by atoms with Crippen LogP contribution in [0.2, 0.25) is 0 Å². The highest BCUT2D eigenvalue weighted by molar-refractivity contribution is 5.60. The maximum absolute atomic E-state index is 11.9. The summed E-state index contributed by atoms with van der Waals surface area (Å²) in [5.41, 5.74) is 2.66. The molecule has 0 N–H and O–H groups in total. The van der Waals surface area contributed by atoms with Crippen LogP contribution in [-0.4, -0.2) is 24.9 Å². The van der Waals surface area contributed by atoms with Gasteiger partial charge in [-0.05, 0) is 42.8 Å². The van der Waals surface area contributed by atoms with Gasteiger partial charge in [0, 0.05) is 19.7 Å². The molecule has 0 radical (unpaired) electrons. The minimum Gasteiger partial charge on any atom is -0.491 e. The van der Waals surface area contributed by atoms with E-state index in [1.807, 2.05) is 43.3 Å². The molecular weight excluding hydrogens is 254 g/mol. The van der Waals surface area contributed by atoms with Gasteiger partial charge in [0.1, 0.15) is 12.4 Å². The number of methoxy groups -OCH3 is 1. The van der Waals surface area contributed by atoms with E-state index >= 15 is 0 Å². The number of benzene rings is 1. The lowest BCUT2D eigenvalue weighted by Crippen LogP contribution is -2.20. The van der Waals surface area contributed by atoms with Crippen LogP contribution in [0.1, 0.15) is 5.56 Å². The molecule has 0 fully saturated rings. The van der Waals surface area contributed by atoms with Crippen molar-refractivity contribution in [2.45, 2.75) is 6.92 Å². The second kappa shape index (κ2) is 6.39. The average molecular weight is 273 g/mol. The Bertz CT molecular complexity index is 629. The van der Waals surface area contributed by atoms with Crippen LogP contribution in [0, 0.1) is 6.92 Å². The summed E-state index contributed by atoms with van der Waals surface area (Å²) in [5.74, 6) is 0.794. The second-order valence-electron chi connectivity index (χ2n) is 4.63. The number of nitrogens with zero attached hydrogens (tertiary/aromatic N) is 1. The SMILES string of the molecule is COCCOc1ccc(-c2ccc(C)c(=O)n2C)cc1. The van der Waals surface area contributed by atoms with E-state index in [1.165, 1.54) is 0 Å². The first-order valence-corrected chi connectivity index (χ1v) is 6.52. The van der Waals surface area contributed by atoms with Crippen LogP contribution in [-0.2, 0) is 11.8 Å². The van der Waals surface area contributed by atoms with Crippen molar-refractivity contribution in [2.24, 2.45) is 7.05 Å². The van der Waals surface area contributed by atoms with Gasteiger partial charge >= 0.3 is 0 Å². The fourth-order valence-electron chi connectivity index (χ4n) is 2.02. The van der Waals surface area contributed by atoms with E-state index in [1.54, 1.807) is 18.7 Å². The van der Waals surface area contributed by atoms with Crippen molar-refractivity contribution in [1.29, 1.82) is 0 Å². The zero-order valence-electron chi connectivity index (χ0n) is 12.1. The van der Waals surface area contributed by atoms with Gasteiger partial charge in [0.05, 0.1) is 12.3 Å². The predicted octanol–water partition coefficient (Wildman–Crippen LogP) is 2.39. The van der Waals surface area contributed by atoms with Crippen LogP contribution in [0.15, 0.2) is 41.2 Å². The highest BCUT2D eigenvalue weighted by Gasteiger charge is 2.05. The molecule has 0 aliphatic rings. The maximum atomic E-state index is 11.9. The first kappa shape index (κ1) is 14.3. The minimum atomic E-state index is 0.0305. The fraction of sp³-hybridized carbons (Fsp3) is 0.312. The number of pyridine rings is 1. The molecule has 0 bridgehead atoms. The molecule has 0 spiro atoms. The third kappa shape index (κ3) is 3.08. The Morgan fingerprint density at radius 2 is 1.75 bits per heavy atom. The zero-order chi connectivity index (χ0) is 14.5. The van der Waals surface area contributed by atoms with Crippen LogP contribution in [0.5, 0.6) is 5.75 Å². The van der Waals surface area contributed by atoms with Crippen LogP contribution >= 0.6 is 0 Å². The molecule has 0 atom stereocenters. The van der Waals surface area contributed by atoms with Crippen molar-refractivity contribution >= 4 is 0 Å². The zero-order valence-corrected chi connectivity index (χ0v) is 12.1. The molecule has 2 rings (SSSR count). The molecule has 20 heavy (non-hydrogen) atoms. The summed E-state index contributed by atoms with van der Waals surface area (Å²) >= 11 is 0. The third-order valence-corrected chi connectivity index (χ3v) is 3.20. The number of rotatable bonds is 5. The van der Waals surface area contributed by atoms with E-state index in [4.69, 9.17) is 9.47 Å². The van der Waals surface area contributed by atoms with Crippen molar-refractivity contribution < 1.29 is 9.47 Å². The molecule has 1 aromatic heterocycles. The summed E-state index contributed by atoms with van der Waals surface area (Å²) < 4.78 is 12.1. The predicted molar refractivity (Wildman–Crippen MR) is 79.2 cm³/mol. The van der Waals surface area contributed by atoms with Crippen molar-refractivity contribution in [1.82, 2.24) is 4.57 Å². The highest BCUT2D eigenvalue weighted by atomic mass is 16.5. The topological polar surface area (TPSA) is 40.5 Å². The monoisotopic (exact) mass is 273 g/mol. The molecule has 1 aromatic carbocycles. The van der Waals surface area contributed by atoms with Gasteiger partial charge in [-0.25, -0.2) is 0 Å². The van der Waals surface area contributed by atoms with Gasteiger partial charge in [0.15, 0.2) is 0 Å². The Morgan fingerprint density at radius 1 is 1.05 bits per heavy atom. The molecule has 4 heteroatoms. The average Bonchev–Trinajstić information content (AvgIpc) is 2.46. The van der Waals surface area contributed by atoms with Gasteiger partial charge in [-0.3, -0.25) is 4.79 Å². The summed E-state index contributed by atoms with van der Waals surface area (Å²) in [4.78, 5) is 11.9. The lowest BCUT2D eigenvalue weighted by Gasteiger charge is -2.10. The van der Waals surface area contributed by atoms with Crippen molar-refractivity contribution in [3.8, 4) is 17.0 Å². The van der Waals surface area contributed by atoms with Gasteiger partial charge in [-0.15, -0.1) is 0 Å². The van der Waals surface area contributed by atoms with Gasteiger partial charge < -0.3 is 14.0 Å². The molecule has 0 aliphatic heterocycles. The largest absolute Gasteiger partial charge is 0.491 e. The highest BCUT2D eigenvalue weighted by Crippen LogP contribution is 2.21. The molecule has 4 nitrogen and oxygen atoms in total. The standard InChI is InChI=1S/C16H19NO3/c1-12-4-9-15(17(2)16(12)18)13-5-7-14(8-6-13)20-11-10-19-3/h4-9H,10-11H2,1-3H3. The minimum absolute atomic E-state index is 0.0305. The normalized spacial score (nSPS) is 10.6. The number of ether oxygens (including phenoxy) is 2. The Hall–Kier alpha value is -2.07. The molecule has 0 saturated carbocycles. The number of aromatic nitrogens is 1. The maximum Gasteiger partial charge on any atom is 0.253 e. The Balaban J connectivity index is 2.22. The van der Waals surface area contributed by atoms with E-state index in [9.17, 15) is 4.79 Å². The molecule has 0 saturated heterocycles. The number of hydrogen-bond acceptors (Lipinski definition) is 3. The lowest BCUT2D eigenvalue weighted by atomic mass is 10.1. The number of hydrogen-bond donors (Lipinski definition) is 0. The van der Waals surface area contributed by atoms with Crippen molar-refractivity contribution in [3.63, 3.8) is 0 Å². The van der Waals surface area contributed by atoms with Gasteiger partial charge in [0.25, 0.3) is 5.56 Å². The lowest BCUT2D eigenvalue weighted by molar-refractivity contribution is 0.146. The smallest absolute Gasteiger partial charge is 0.253 e. The molecular formula is C16H19NO3. The quantitative estimate of drug-likeness (QED) is 0.785. The van der Waals surface area contributed by atoms with Crippen LogP contribution in [0.3, 0.4) is 0 Å². The summed E-state index contributed by atoms with van der Waals surface area (Å²) in [6.07, 6.45) is 0. The number of aryl methyl sites for hydroxylation is 1. The summed E-state index contributed by atoms with van der Waals surface area (Å²) in [7, 11) is 3.43. The molecule has 1 heterocycles. The third-order valence-electron chi connectivity index (χ3n) is 3.20. The molecule has 106 valence electrons. The molecule has 2 aromatic rings. The van der Waals surface area contributed by atoms with Crippen LogP contribution in [0.25, 0.3) is 11.3 Å². The van der Waals surface area contributed by atoms with Gasteiger partial charge in [0.2, 0.25) is 0 Å². The van der Waals surface area contributed by atoms with E-state index in [0.29, 0.717) is 13.2 Å². The van der Waals surface area contributed by atoms with Gasteiger partial charge in [-0.1, -0.05) is 6.07 Å². The summed E-state index contributed by atoms with van der Waals surface area (Å²) in [6.45, 7) is 2.91. The summed E-state index contributed by atoms with van der Waals surface area (Å²) in [6, 6.07) is 11.5. The van der Waals surface area contributed by atoms with E-state index in [2.05, 4.69) is 0 Å². The first-order valence-electron chi connectivity index (χ1n) is 6.52. The van der Waals surface area contributed by atoms with Crippen molar-refractivity contribution in [2.75, 3.05) is 20.3 Å². The van der Waals surface area contributed by atoms with Crippen LogP contribution < -0.4 is 10.3 Å². The molecule has 0 unspecified atom stereocenters. The van der Waals surface area contributed by atoms with E-state index in [-0.39, 0.29) is 5.56 Å². The Kier molecular flexibility index (Phi) is 4.58. The Labute approximate surface area is 118 Å². The van der Waals surface area contributed by atoms with E-state index in [0.717, 1.165) is 22.6 Å². The second-order valence-corrected chi connectivity index (χ2v) is 4.63. The molecule has 0 amide bonds. The fourth-order valence-corrected chi connectivity index (χ4v) is 2.02. The Morgan fingerprint density at radius 3 is 2.40 bits per heavy atom. The molecule has 0 aliphatic carbocycles. The first-order chi connectivity index (χ1) is 9.63. The van der Waals surface area contributed by atoms with E-state index < -0.39 is 0 Å². The van der Waals surface area contributed by atoms with Crippen LogP contribution in [0.4, 0.5) is 0 Å². The summed E-state index contributed by atoms with van der Waals surface area (Å²) in [5, 5.41) is 0. The van der Waals surface area contributed by atoms with Gasteiger partial charge in [-0.2, -0.15) is 0 Å².